The van der Waals surface area contributed by atoms with Gasteiger partial charge in [-0.1, -0.05) is 12.1 Å². The summed E-state index contributed by atoms with van der Waals surface area (Å²) in [5, 5.41) is 2.79. The van der Waals surface area contributed by atoms with Crippen molar-refractivity contribution in [2.75, 3.05) is 38.3 Å². The van der Waals surface area contributed by atoms with Crippen molar-refractivity contribution in [3.8, 4) is 0 Å². The van der Waals surface area contributed by atoms with Crippen LogP contribution >= 0.6 is 0 Å². The van der Waals surface area contributed by atoms with Gasteiger partial charge in [0.2, 0.25) is 17.7 Å². The Morgan fingerprint density at radius 1 is 0.966 bits per heavy atom. The number of carbonyl (C=O) groups is 4. The van der Waals surface area contributed by atoms with Gasteiger partial charge < -0.3 is 14.8 Å². The van der Waals surface area contributed by atoms with Crippen LogP contribution in [0.4, 0.5) is 5.69 Å². The Balaban J connectivity index is 1.56. The lowest BCUT2D eigenvalue weighted by Crippen LogP contribution is -2.47. The highest BCUT2D eigenvalue weighted by Crippen LogP contribution is 2.14. The van der Waals surface area contributed by atoms with Crippen LogP contribution in [-0.4, -0.2) is 61.4 Å². The molecule has 8 nitrogen and oxygen atoms in total. The fourth-order valence-electron chi connectivity index (χ4n) is 2.65. The van der Waals surface area contributed by atoms with Crippen LogP contribution in [0, 0.1) is 0 Å². The van der Waals surface area contributed by atoms with Crippen molar-refractivity contribution in [3.63, 3.8) is 0 Å². The molecule has 1 N–H and O–H groups in total. The van der Waals surface area contributed by atoms with Gasteiger partial charge in [-0.2, -0.15) is 0 Å². The Bertz CT molecular complexity index is 716. The minimum Gasteiger partial charge on any atom is -0.379 e. The second-order valence-electron chi connectivity index (χ2n) is 6.86. The number of β-lactam (4-membered cyclic amide) rings is 1. The van der Waals surface area contributed by atoms with Crippen LogP contribution in [0.1, 0.15) is 38.2 Å². The number of amides is 3. The molecule has 8 heteroatoms. The lowest BCUT2D eigenvalue weighted by molar-refractivity contribution is -0.152. The smallest absolute Gasteiger partial charge is 0.230 e. The highest BCUT2D eigenvalue weighted by atomic mass is 16.5. The Labute approximate surface area is 170 Å². The van der Waals surface area contributed by atoms with E-state index in [1.54, 1.807) is 12.1 Å². The summed E-state index contributed by atoms with van der Waals surface area (Å²) in [6.07, 6.45) is 1.94. The molecule has 29 heavy (non-hydrogen) atoms. The number of aryl methyl sites for hydroxylation is 1. The topological polar surface area (TPSA) is 102 Å². The summed E-state index contributed by atoms with van der Waals surface area (Å²) in [5.41, 5.74) is 1.65. The summed E-state index contributed by atoms with van der Waals surface area (Å²) in [6.45, 7) is 3.49. The minimum absolute atomic E-state index is 0.0901. The van der Waals surface area contributed by atoms with E-state index in [2.05, 4.69) is 5.32 Å². The number of carbonyl (C=O) groups excluding carboxylic acids is 4. The maximum atomic E-state index is 11.9. The molecule has 3 amide bonds. The number of benzene rings is 1. The number of imide groups is 1. The number of nitrogens with zero attached hydrogens (tertiary/aromatic N) is 1. The van der Waals surface area contributed by atoms with Crippen molar-refractivity contribution in [3.05, 3.63) is 29.8 Å². The number of hydrogen-bond donors (Lipinski definition) is 1. The van der Waals surface area contributed by atoms with Crippen LogP contribution in [0.3, 0.4) is 0 Å². The third kappa shape index (κ3) is 8.53. The monoisotopic (exact) mass is 404 g/mol. The highest BCUT2D eigenvalue weighted by Gasteiger charge is 2.29. The van der Waals surface area contributed by atoms with Crippen molar-refractivity contribution in [1.29, 1.82) is 0 Å². The zero-order chi connectivity index (χ0) is 21.1. The van der Waals surface area contributed by atoms with Gasteiger partial charge in [-0.25, -0.2) is 0 Å². The lowest BCUT2D eigenvalue weighted by Gasteiger charge is -2.28. The Morgan fingerprint density at radius 2 is 1.62 bits per heavy atom. The van der Waals surface area contributed by atoms with Gasteiger partial charge in [-0.05, 0) is 31.0 Å². The summed E-state index contributed by atoms with van der Waals surface area (Å²) < 4.78 is 10.6. The molecule has 0 spiro atoms. The fraction of sp³-hybridized carbons (Fsp3) is 0.524. The minimum atomic E-state index is -0.151. The van der Waals surface area contributed by atoms with E-state index >= 15 is 0 Å². The Morgan fingerprint density at radius 3 is 2.17 bits per heavy atom. The van der Waals surface area contributed by atoms with Gasteiger partial charge in [0.1, 0.15) is 5.78 Å². The summed E-state index contributed by atoms with van der Waals surface area (Å²) >= 11 is 0. The summed E-state index contributed by atoms with van der Waals surface area (Å²) in [4.78, 5) is 47.1. The molecule has 2 rings (SSSR count). The number of likely N-dealkylation sites (tertiary alicyclic amines) is 1. The third-order valence-electron chi connectivity index (χ3n) is 4.46. The number of Topliss-reactive ketones (excluding diaryl/α,β-unsaturated/α-hetero) is 1. The number of hydrogen-bond acceptors (Lipinski definition) is 6. The first-order chi connectivity index (χ1) is 14.0. The van der Waals surface area contributed by atoms with Crippen LogP contribution in [0.15, 0.2) is 24.3 Å². The molecule has 1 heterocycles. The van der Waals surface area contributed by atoms with E-state index in [0.29, 0.717) is 57.7 Å². The van der Waals surface area contributed by atoms with E-state index in [1.807, 2.05) is 12.1 Å². The number of nitrogens with one attached hydrogen (secondary N) is 1. The van der Waals surface area contributed by atoms with Crippen molar-refractivity contribution in [1.82, 2.24) is 4.90 Å². The average molecular weight is 404 g/mol. The van der Waals surface area contributed by atoms with Crippen molar-refractivity contribution >= 4 is 29.2 Å². The predicted octanol–water partition coefficient (Wildman–Crippen LogP) is 1.72. The van der Waals surface area contributed by atoms with E-state index in [1.165, 1.54) is 11.8 Å². The normalized spacial score (nSPS) is 13.1. The predicted molar refractivity (Wildman–Crippen MR) is 106 cm³/mol. The second-order valence-corrected chi connectivity index (χ2v) is 6.86. The first-order valence-electron chi connectivity index (χ1n) is 9.82. The largest absolute Gasteiger partial charge is 0.379 e. The van der Waals surface area contributed by atoms with Gasteiger partial charge >= 0.3 is 0 Å². The van der Waals surface area contributed by atoms with Gasteiger partial charge in [0.05, 0.1) is 32.8 Å². The molecule has 1 saturated heterocycles. The molecule has 0 radical (unpaired) electrons. The molecule has 0 bridgehead atoms. The van der Waals surface area contributed by atoms with Crippen LogP contribution in [-0.2, 0) is 35.1 Å². The maximum absolute atomic E-state index is 11.9. The SMILES string of the molecule is CC(=O)CCOCCOCCC(=O)Nc1ccc(CCC(=O)N2CCC2=O)cc1. The van der Waals surface area contributed by atoms with Crippen LogP contribution in [0.25, 0.3) is 0 Å². The van der Waals surface area contributed by atoms with Gasteiger partial charge in [-0.3, -0.25) is 24.1 Å². The van der Waals surface area contributed by atoms with Crippen molar-refractivity contribution in [2.24, 2.45) is 0 Å². The quantitative estimate of drug-likeness (QED) is 0.397. The average Bonchev–Trinajstić information content (AvgIpc) is 2.68. The molecule has 0 unspecified atom stereocenters. The zero-order valence-electron chi connectivity index (χ0n) is 16.8. The molecule has 1 aromatic rings. The number of ether oxygens (including phenoxy) is 2. The van der Waals surface area contributed by atoms with Gasteiger partial charge in [0.25, 0.3) is 0 Å². The third-order valence-corrected chi connectivity index (χ3v) is 4.46. The van der Waals surface area contributed by atoms with Gasteiger partial charge in [0, 0.05) is 31.5 Å². The van der Waals surface area contributed by atoms with Crippen molar-refractivity contribution in [2.45, 2.75) is 39.0 Å². The maximum Gasteiger partial charge on any atom is 0.230 e. The van der Waals surface area contributed by atoms with Gasteiger partial charge in [-0.15, -0.1) is 0 Å². The first-order valence-corrected chi connectivity index (χ1v) is 9.82. The van der Waals surface area contributed by atoms with E-state index in [0.717, 1.165) is 5.56 Å². The van der Waals surface area contributed by atoms with Crippen LogP contribution in [0.2, 0.25) is 0 Å². The zero-order valence-corrected chi connectivity index (χ0v) is 16.8. The molecule has 158 valence electrons. The molecule has 1 aliphatic heterocycles. The number of rotatable bonds is 13. The van der Waals surface area contributed by atoms with E-state index < -0.39 is 0 Å². The fourth-order valence-corrected chi connectivity index (χ4v) is 2.65. The number of anilines is 1. The standard InChI is InChI=1S/C21H28N2O6/c1-16(24)9-12-28-14-15-29-13-10-19(25)22-18-5-2-17(3-6-18)4-7-20(26)23-11-8-21(23)27/h2-3,5-6H,4,7-15H2,1H3,(H,22,25). The van der Waals surface area contributed by atoms with Gasteiger partial charge in [0.15, 0.2) is 0 Å². The summed E-state index contributed by atoms with van der Waals surface area (Å²) in [7, 11) is 0. The number of ketones is 1. The molecule has 1 aromatic carbocycles. The van der Waals surface area contributed by atoms with Crippen LogP contribution in [0.5, 0.6) is 0 Å². The lowest BCUT2D eigenvalue weighted by atomic mass is 10.1. The molecule has 1 aliphatic rings. The van der Waals surface area contributed by atoms with Crippen molar-refractivity contribution < 1.29 is 28.7 Å². The van der Waals surface area contributed by atoms with E-state index in [4.69, 9.17) is 9.47 Å². The summed E-state index contributed by atoms with van der Waals surface area (Å²) in [5.74, 6) is -0.297. The molecule has 0 saturated carbocycles. The van der Waals surface area contributed by atoms with Crippen LogP contribution < -0.4 is 5.32 Å². The van der Waals surface area contributed by atoms with E-state index in [9.17, 15) is 19.2 Å². The molecular weight excluding hydrogens is 376 g/mol. The second kappa shape index (κ2) is 12.1. The molecule has 0 aromatic heterocycles. The molecule has 0 atom stereocenters. The Kier molecular flexibility index (Phi) is 9.46. The summed E-state index contributed by atoms with van der Waals surface area (Å²) in [6, 6.07) is 7.29. The highest BCUT2D eigenvalue weighted by molar-refractivity contribution is 5.99. The Hall–Kier alpha value is -2.58. The molecular formula is C21H28N2O6. The molecule has 1 fully saturated rings. The molecule has 0 aliphatic carbocycles. The van der Waals surface area contributed by atoms with E-state index in [-0.39, 0.29) is 36.5 Å². The first kappa shape index (κ1) is 22.7.